The van der Waals surface area contributed by atoms with Crippen LogP contribution >= 0.6 is 0 Å². The highest BCUT2D eigenvalue weighted by atomic mass is 16.4. The van der Waals surface area contributed by atoms with E-state index in [1.54, 1.807) is 0 Å². The van der Waals surface area contributed by atoms with Crippen molar-refractivity contribution >= 4 is 0 Å². The van der Waals surface area contributed by atoms with E-state index in [0.29, 0.717) is 11.8 Å². The molecular formula is C14H9N2O. The Kier molecular flexibility index (Phi) is 2.43. The van der Waals surface area contributed by atoms with Gasteiger partial charge in [0.05, 0.1) is 0 Å². The van der Waals surface area contributed by atoms with Gasteiger partial charge >= 0.3 is 0 Å². The van der Waals surface area contributed by atoms with Gasteiger partial charge in [-0.25, -0.2) is 0 Å². The zero-order valence-electron chi connectivity index (χ0n) is 9.00. The lowest BCUT2D eigenvalue weighted by Gasteiger charge is -1.93. The molecule has 2 aromatic carbocycles. The summed E-state index contributed by atoms with van der Waals surface area (Å²) in [6.45, 7) is 0. The molecule has 0 atom stereocenters. The second kappa shape index (κ2) is 4.22. The average Bonchev–Trinajstić information content (AvgIpc) is 2.90. The number of hydrogen-bond acceptors (Lipinski definition) is 3. The van der Waals surface area contributed by atoms with Crippen molar-refractivity contribution in [1.29, 1.82) is 0 Å². The molecule has 1 heterocycles. The molecule has 0 saturated carbocycles. The Hall–Kier alpha value is -2.42. The first-order valence-corrected chi connectivity index (χ1v) is 5.29. The number of aromatic nitrogens is 2. The highest BCUT2D eigenvalue weighted by Gasteiger charge is 2.08. The second-order valence-electron chi connectivity index (χ2n) is 3.57. The molecule has 1 aromatic heterocycles. The zero-order valence-corrected chi connectivity index (χ0v) is 9.00. The molecule has 0 spiro atoms. The first-order valence-electron chi connectivity index (χ1n) is 5.29. The van der Waals surface area contributed by atoms with Crippen LogP contribution in [0.4, 0.5) is 0 Å². The SMILES string of the molecule is [c]1ccc(-c2nnc(-c3ccccc3)o2)cc1. The topological polar surface area (TPSA) is 38.9 Å². The minimum atomic E-state index is 0.526. The second-order valence-corrected chi connectivity index (χ2v) is 3.57. The van der Waals surface area contributed by atoms with E-state index in [-0.39, 0.29) is 0 Å². The van der Waals surface area contributed by atoms with Crippen molar-refractivity contribution in [3.05, 3.63) is 60.7 Å². The molecule has 0 N–H and O–H groups in total. The lowest BCUT2D eigenvalue weighted by Crippen LogP contribution is -1.76. The largest absolute Gasteiger partial charge is 0.416 e. The normalized spacial score (nSPS) is 10.4. The molecule has 0 aliphatic carbocycles. The van der Waals surface area contributed by atoms with Gasteiger partial charge in [-0.2, -0.15) is 0 Å². The summed E-state index contributed by atoms with van der Waals surface area (Å²) in [4.78, 5) is 0. The summed E-state index contributed by atoms with van der Waals surface area (Å²) in [6.07, 6.45) is 0. The van der Waals surface area contributed by atoms with Gasteiger partial charge in [-0.15, -0.1) is 10.2 Å². The predicted molar refractivity (Wildman–Crippen MR) is 64.0 cm³/mol. The van der Waals surface area contributed by atoms with Crippen molar-refractivity contribution in [2.24, 2.45) is 0 Å². The quantitative estimate of drug-likeness (QED) is 0.667. The van der Waals surface area contributed by atoms with Crippen molar-refractivity contribution in [3.63, 3.8) is 0 Å². The van der Waals surface area contributed by atoms with Crippen molar-refractivity contribution in [3.8, 4) is 22.9 Å². The molecule has 3 nitrogen and oxygen atoms in total. The van der Waals surface area contributed by atoms with Gasteiger partial charge in [0.2, 0.25) is 11.8 Å². The van der Waals surface area contributed by atoms with Crippen LogP contribution in [0.3, 0.4) is 0 Å². The Bertz CT molecular complexity index is 548. The van der Waals surface area contributed by atoms with E-state index >= 15 is 0 Å². The summed E-state index contributed by atoms with van der Waals surface area (Å²) in [6, 6.07) is 20.1. The van der Waals surface area contributed by atoms with Crippen LogP contribution in [-0.2, 0) is 0 Å². The molecule has 3 rings (SSSR count). The fourth-order valence-electron chi connectivity index (χ4n) is 1.57. The van der Waals surface area contributed by atoms with Crippen molar-refractivity contribution in [2.45, 2.75) is 0 Å². The maximum Gasteiger partial charge on any atom is 0.248 e. The Morgan fingerprint density at radius 2 is 1.35 bits per heavy atom. The molecule has 0 saturated heterocycles. The lowest BCUT2D eigenvalue weighted by molar-refractivity contribution is 0.584. The maximum atomic E-state index is 5.62. The molecule has 0 aliphatic rings. The number of rotatable bonds is 2. The molecule has 3 aromatic rings. The van der Waals surface area contributed by atoms with Crippen LogP contribution in [-0.4, -0.2) is 10.2 Å². The monoisotopic (exact) mass is 221 g/mol. The molecule has 0 fully saturated rings. The third-order valence-electron chi connectivity index (χ3n) is 2.41. The molecule has 0 bridgehead atoms. The van der Waals surface area contributed by atoms with E-state index in [1.807, 2.05) is 54.6 Å². The van der Waals surface area contributed by atoms with Gasteiger partial charge in [-0.3, -0.25) is 0 Å². The van der Waals surface area contributed by atoms with Crippen LogP contribution < -0.4 is 0 Å². The van der Waals surface area contributed by atoms with Gasteiger partial charge in [0.1, 0.15) is 0 Å². The van der Waals surface area contributed by atoms with Crippen LogP contribution in [0.2, 0.25) is 0 Å². The van der Waals surface area contributed by atoms with E-state index in [4.69, 9.17) is 4.42 Å². The van der Waals surface area contributed by atoms with E-state index < -0.39 is 0 Å². The summed E-state index contributed by atoms with van der Waals surface area (Å²) in [5, 5.41) is 8.07. The Labute approximate surface area is 98.7 Å². The first-order chi connectivity index (χ1) is 8.43. The van der Waals surface area contributed by atoms with E-state index in [0.717, 1.165) is 11.1 Å². The van der Waals surface area contributed by atoms with Gasteiger partial charge in [0, 0.05) is 11.1 Å². The van der Waals surface area contributed by atoms with Crippen LogP contribution in [0.5, 0.6) is 0 Å². The molecule has 17 heavy (non-hydrogen) atoms. The summed E-state index contributed by atoms with van der Waals surface area (Å²) in [5.74, 6) is 1.06. The molecular weight excluding hydrogens is 212 g/mol. The van der Waals surface area contributed by atoms with Gasteiger partial charge < -0.3 is 4.42 Å². The molecule has 3 heteroatoms. The van der Waals surface area contributed by atoms with Crippen LogP contribution in [0, 0.1) is 6.07 Å². The smallest absolute Gasteiger partial charge is 0.248 e. The van der Waals surface area contributed by atoms with E-state index in [9.17, 15) is 0 Å². The minimum Gasteiger partial charge on any atom is -0.416 e. The Morgan fingerprint density at radius 3 is 2.00 bits per heavy atom. The highest BCUT2D eigenvalue weighted by molar-refractivity contribution is 5.57. The van der Waals surface area contributed by atoms with E-state index in [1.165, 1.54) is 0 Å². The van der Waals surface area contributed by atoms with Crippen molar-refractivity contribution in [2.75, 3.05) is 0 Å². The van der Waals surface area contributed by atoms with Gasteiger partial charge in [-0.05, 0) is 30.3 Å². The van der Waals surface area contributed by atoms with Crippen LogP contribution in [0.25, 0.3) is 22.9 Å². The zero-order chi connectivity index (χ0) is 11.5. The third-order valence-corrected chi connectivity index (χ3v) is 2.41. The third kappa shape index (κ3) is 1.95. The van der Waals surface area contributed by atoms with E-state index in [2.05, 4.69) is 16.3 Å². The van der Waals surface area contributed by atoms with Crippen molar-refractivity contribution < 1.29 is 4.42 Å². The fourth-order valence-corrected chi connectivity index (χ4v) is 1.57. The molecule has 0 unspecified atom stereocenters. The molecule has 81 valence electrons. The number of hydrogen-bond donors (Lipinski definition) is 0. The summed E-state index contributed by atoms with van der Waals surface area (Å²) >= 11 is 0. The summed E-state index contributed by atoms with van der Waals surface area (Å²) in [7, 11) is 0. The molecule has 0 amide bonds. The van der Waals surface area contributed by atoms with Gasteiger partial charge in [0.15, 0.2) is 0 Å². The lowest BCUT2D eigenvalue weighted by atomic mass is 10.2. The minimum absolute atomic E-state index is 0.526. The molecule has 0 aliphatic heterocycles. The van der Waals surface area contributed by atoms with Gasteiger partial charge in [0.25, 0.3) is 0 Å². The number of benzene rings is 2. The first kappa shape index (κ1) is 9.78. The average molecular weight is 221 g/mol. The predicted octanol–water partition coefficient (Wildman–Crippen LogP) is 3.20. The Balaban J connectivity index is 1.99. The fraction of sp³-hybridized carbons (Fsp3) is 0. The van der Waals surface area contributed by atoms with Crippen LogP contribution in [0.15, 0.2) is 59.0 Å². The standard InChI is InChI=1S/C14H9N2O/c1-3-7-11(8-4-1)13-15-16-14(17-13)12-9-5-2-6-10-12/h1,3-10H. The van der Waals surface area contributed by atoms with Gasteiger partial charge in [-0.1, -0.05) is 30.3 Å². The maximum absolute atomic E-state index is 5.62. The summed E-state index contributed by atoms with van der Waals surface area (Å²) in [5.41, 5.74) is 1.83. The number of nitrogens with zero attached hydrogens (tertiary/aromatic N) is 2. The Morgan fingerprint density at radius 1 is 0.765 bits per heavy atom. The summed E-state index contributed by atoms with van der Waals surface area (Å²) < 4.78 is 5.62. The van der Waals surface area contributed by atoms with Crippen molar-refractivity contribution in [1.82, 2.24) is 10.2 Å². The highest BCUT2D eigenvalue weighted by Crippen LogP contribution is 2.22. The van der Waals surface area contributed by atoms with Crippen LogP contribution in [0.1, 0.15) is 0 Å². The molecule has 1 radical (unpaired) electrons.